The first kappa shape index (κ1) is 13.4. The summed E-state index contributed by atoms with van der Waals surface area (Å²) >= 11 is 0. The molecule has 1 fully saturated rings. The van der Waals surface area contributed by atoms with Crippen molar-refractivity contribution in [1.82, 2.24) is 4.90 Å². The Morgan fingerprint density at radius 1 is 1.26 bits per heavy atom. The van der Waals surface area contributed by atoms with Gasteiger partial charge in [0.1, 0.15) is 0 Å². The molecule has 1 aliphatic carbocycles. The van der Waals surface area contributed by atoms with Gasteiger partial charge in [-0.25, -0.2) is 9.59 Å². The number of rotatable bonds is 3. The summed E-state index contributed by atoms with van der Waals surface area (Å²) in [7, 11) is 1.76. The molecule has 0 bridgehead atoms. The largest absolute Gasteiger partial charge is 0.478 e. The maximum Gasteiger partial charge on any atom is 0.337 e. The number of carbonyl (C=O) groups excluding carboxylic acids is 1. The highest BCUT2D eigenvalue weighted by Crippen LogP contribution is 2.23. The minimum Gasteiger partial charge on any atom is -0.478 e. The molecular formula is C14H18N2O3. The van der Waals surface area contributed by atoms with E-state index in [1.807, 2.05) is 0 Å². The van der Waals surface area contributed by atoms with Gasteiger partial charge in [0.25, 0.3) is 0 Å². The normalized spacial score (nSPS) is 15.2. The fourth-order valence-corrected chi connectivity index (χ4v) is 2.44. The number of carboxylic acid groups (broad SMARTS) is 1. The van der Waals surface area contributed by atoms with Crippen LogP contribution in [-0.2, 0) is 0 Å². The van der Waals surface area contributed by atoms with Crippen LogP contribution in [0.15, 0.2) is 24.3 Å². The van der Waals surface area contributed by atoms with Crippen LogP contribution in [0.1, 0.15) is 36.0 Å². The van der Waals surface area contributed by atoms with Gasteiger partial charge in [0.15, 0.2) is 0 Å². The van der Waals surface area contributed by atoms with Gasteiger partial charge in [-0.05, 0) is 25.0 Å². The van der Waals surface area contributed by atoms with E-state index in [0.29, 0.717) is 5.69 Å². The van der Waals surface area contributed by atoms with E-state index in [1.165, 1.54) is 6.07 Å². The zero-order valence-corrected chi connectivity index (χ0v) is 10.9. The van der Waals surface area contributed by atoms with Crippen LogP contribution >= 0.6 is 0 Å². The molecule has 2 rings (SSSR count). The highest BCUT2D eigenvalue weighted by Gasteiger charge is 2.24. The van der Waals surface area contributed by atoms with E-state index in [1.54, 1.807) is 30.1 Å². The van der Waals surface area contributed by atoms with E-state index < -0.39 is 5.97 Å². The van der Waals surface area contributed by atoms with Crippen LogP contribution < -0.4 is 5.32 Å². The zero-order valence-electron chi connectivity index (χ0n) is 10.9. The SMILES string of the molecule is CN(C(=O)Nc1ccccc1C(=O)O)C1CCCC1. The van der Waals surface area contributed by atoms with Crippen molar-refractivity contribution in [2.75, 3.05) is 12.4 Å². The van der Waals surface area contributed by atoms with Gasteiger partial charge in [0, 0.05) is 13.1 Å². The third-order valence-electron chi connectivity index (χ3n) is 3.59. The standard InChI is InChI=1S/C14H18N2O3/c1-16(10-6-2-3-7-10)14(19)15-12-9-5-4-8-11(12)13(17)18/h4-5,8-10H,2-3,6-7H2,1H3,(H,15,19)(H,17,18). The molecule has 0 heterocycles. The number of aromatic carboxylic acids is 1. The van der Waals surface area contributed by atoms with E-state index in [-0.39, 0.29) is 17.6 Å². The van der Waals surface area contributed by atoms with Crippen molar-refractivity contribution >= 4 is 17.7 Å². The first-order valence-electron chi connectivity index (χ1n) is 6.45. The predicted molar refractivity (Wildman–Crippen MR) is 72.4 cm³/mol. The molecule has 5 heteroatoms. The summed E-state index contributed by atoms with van der Waals surface area (Å²) in [6, 6.07) is 6.44. The summed E-state index contributed by atoms with van der Waals surface area (Å²) in [5, 5.41) is 11.7. The lowest BCUT2D eigenvalue weighted by atomic mass is 10.2. The zero-order chi connectivity index (χ0) is 13.8. The summed E-state index contributed by atoms with van der Waals surface area (Å²) in [6.45, 7) is 0. The maximum absolute atomic E-state index is 12.1. The lowest BCUT2D eigenvalue weighted by Gasteiger charge is -2.24. The molecule has 102 valence electrons. The molecule has 0 unspecified atom stereocenters. The highest BCUT2D eigenvalue weighted by molar-refractivity contribution is 5.99. The Balaban J connectivity index is 2.08. The minimum absolute atomic E-state index is 0.107. The smallest absolute Gasteiger partial charge is 0.337 e. The van der Waals surface area contributed by atoms with Crippen molar-refractivity contribution in [2.45, 2.75) is 31.7 Å². The Bertz CT molecular complexity index is 481. The quantitative estimate of drug-likeness (QED) is 0.880. The van der Waals surface area contributed by atoms with E-state index in [4.69, 9.17) is 5.11 Å². The van der Waals surface area contributed by atoms with Gasteiger partial charge in [-0.15, -0.1) is 0 Å². The first-order chi connectivity index (χ1) is 9.09. The number of carboxylic acids is 1. The maximum atomic E-state index is 12.1. The highest BCUT2D eigenvalue weighted by atomic mass is 16.4. The van der Waals surface area contributed by atoms with Crippen molar-refractivity contribution < 1.29 is 14.7 Å². The van der Waals surface area contributed by atoms with Crippen LogP contribution in [0.5, 0.6) is 0 Å². The summed E-state index contributed by atoms with van der Waals surface area (Å²) in [6.07, 6.45) is 4.33. The molecule has 0 saturated heterocycles. The third kappa shape index (κ3) is 3.05. The number of anilines is 1. The molecule has 0 radical (unpaired) electrons. The van der Waals surface area contributed by atoms with Crippen LogP contribution in [0.4, 0.5) is 10.5 Å². The molecular weight excluding hydrogens is 244 g/mol. The number of amides is 2. The lowest BCUT2D eigenvalue weighted by Crippen LogP contribution is -2.38. The van der Waals surface area contributed by atoms with Crippen molar-refractivity contribution in [3.8, 4) is 0 Å². The molecule has 1 aromatic rings. The van der Waals surface area contributed by atoms with Gasteiger partial charge < -0.3 is 15.3 Å². The number of para-hydroxylation sites is 1. The summed E-state index contributed by atoms with van der Waals surface area (Å²) in [5.74, 6) is -1.04. The number of benzene rings is 1. The fraction of sp³-hybridized carbons (Fsp3) is 0.429. The number of urea groups is 1. The Hall–Kier alpha value is -2.04. The second kappa shape index (κ2) is 5.73. The van der Waals surface area contributed by atoms with Crippen LogP contribution in [0.2, 0.25) is 0 Å². The molecule has 19 heavy (non-hydrogen) atoms. The molecule has 2 amide bonds. The van der Waals surface area contributed by atoms with Gasteiger partial charge in [0.2, 0.25) is 0 Å². The lowest BCUT2D eigenvalue weighted by molar-refractivity contribution is 0.0698. The van der Waals surface area contributed by atoms with E-state index in [2.05, 4.69) is 5.32 Å². The Morgan fingerprint density at radius 2 is 1.89 bits per heavy atom. The Morgan fingerprint density at radius 3 is 2.53 bits per heavy atom. The second-order valence-corrected chi connectivity index (χ2v) is 4.83. The van der Waals surface area contributed by atoms with Gasteiger partial charge in [-0.2, -0.15) is 0 Å². The second-order valence-electron chi connectivity index (χ2n) is 4.83. The number of hydrogen-bond acceptors (Lipinski definition) is 2. The van der Waals surface area contributed by atoms with Crippen molar-refractivity contribution in [3.05, 3.63) is 29.8 Å². The molecule has 0 spiro atoms. The number of nitrogens with one attached hydrogen (secondary N) is 1. The first-order valence-corrected chi connectivity index (χ1v) is 6.45. The predicted octanol–water partition coefficient (Wildman–Crippen LogP) is 2.79. The summed E-state index contributed by atoms with van der Waals surface area (Å²) in [4.78, 5) is 24.8. The molecule has 0 atom stereocenters. The number of carbonyl (C=O) groups is 2. The van der Waals surface area contributed by atoms with Crippen LogP contribution in [-0.4, -0.2) is 35.1 Å². The van der Waals surface area contributed by atoms with Crippen molar-refractivity contribution in [2.24, 2.45) is 0 Å². The van der Waals surface area contributed by atoms with E-state index in [0.717, 1.165) is 25.7 Å². The fourth-order valence-electron chi connectivity index (χ4n) is 2.44. The monoisotopic (exact) mass is 262 g/mol. The Labute approximate surface area is 112 Å². The van der Waals surface area contributed by atoms with Crippen LogP contribution in [0, 0.1) is 0 Å². The topological polar surface area (TPSA) is 69.6 Å². The molecule has 1 aliphatic rings. The van der Waals surface area contributed by atoms with Gasteiger partial charge >= 0.3 is 12.0 Å². The Kier molecular flexibility index (Phi) is 4.04. The van der Waals surface area contributed by atoms with Gasteiger partial charge in [0.05, 0.1) is 11.3 Å². The van der Waals surface area contributed by atoms with Gasteiger partial charge in [-0.1, -0.05) is 25.0 Å². The average molecular weight is 262 g/mol. The number of hydrogen-bond donors (Lipinski definition) is 2. The molecule has 0 aliphatic heterocycles. The van der Waals surface area contributed by atoms with E-state index in [9.17, 15) is 9.59 Å². The third-order valence-corrected chi connectivity index (χ3v) is 3.59. The van der Waals surface area contributed by atoms with E-state index >= 15 is 0 Å². The average Bonchev–Trinajstić information content (AvgIpc) is 2.92. The summed E-state index contributed by atoms with van der Waals surface area (Å²) < 4.78 is 0. The molecule has 1 saturated carbocycles. The minimum atomic E-state index is -1.04. The molecule has 2 N–H and O–H groups in total. The molecule has 5 nitrogen and oxygen atoms in total. The molecule has 0 aromatic heterocycles. The van der Waals surface area contributed by atoms with Crippen LogP contribution in [0.25, 0.3) is 0 Å². The molecule has 1 aromatic carbocycles. The summed E-state index contributed by atoms with van der Waals surface area (Å²) in [5.41, 5.74) is 0.445. The van der Waals surface area contributed by atoms with Gasteiger partial charge in [-0.3, -0.25) is 0 Å². The number of nitrogens with zero attached hydrogens (tertiary/aromatic N) is 1. The van der Waals surface area contributed by atoms with Crippen molar-refractivity contribution in [1.29, 1.82) is 0 Å². The van der Waals surface area contributed by atoms with Crippen molar-refractivity contribution in [3.63, 3.8) is 0 Å². The van der Waals surface area contributed by atoms with Crippen LogP contribution in [0.3, 0.4) is 0 Å².